The van der Waals surface area contributed by atoms with Crippen molar-refractivity contribution >= 4 is 39.1 Å². The molecule has 3 amide bonds. The molecule has 1 aromatic heterocycles. The molecule has 0 bridgehead atoms. The molecule has 0 spiro atoms. The van der Waals surface area contributed by atoms with Gasteiger partial charge in [0.05, 0.1) is 28.8 Å². The van der Waals surface area contributed by atoms with Gasteiger partial charge in [-0.25, -0.2) is 13.2 Å². The van der Waals surface area contributed by atoms with Crippen LogP contribution < -0.4 is 5.32 Å². The van der Waals surface area contributed by atoms with E-state index in [1.807, 2.05) is 95.3 Å². The van der Waals surface area contributed by atoms with Crippen LogP contribution in [0, 0.1) is 11.3 Å². The summed E-state index contributed by atoms with van der Waals surface area (Å²) in [4.78, 5) is 36.2. The van der Waals surface area contributed by atoms with Crippen LogP contribution >= 0.6 is 0 Å². The summed E-state index contributed by atoms with van der Waals surface area (Å²) in [7, 11) is -4.07. The number of carbonyl (C=O) groups excluding carboxylic acids is 2. The average Bonchev–Trinajstić information content (AvgIpc) is 3.46. The smallest absolute Gasteiger partial charge is 0.321 e. The van der Waals surface area contributed by atoms with Gasteiger partial charge in [0.2, 0.25) is 15.9 Å². The maximum Gasteiger partial charge on any atom is 0.321 e. The highest BCUT2D eigenvalue weighted by Crippen LogP contribution is 2.30. The van der Waals surface area contributed by atoms with Gasteiger partial charge < -0.3 is 25.4 Å². The number of hydrogen-bond donors (Lipinski definition) is 3. The molecule has 1 fully saturated rings. The number of carbonyl (C=O) groups is 2. The number of pyridine rings is 1. The normalized spacial score (nSPS) is 15.8. The highest BCUT2D eigenvalue weighted by atomic mass is 32.2. The molecular weight excluding hydrogens is 693 g/mol. The Balaban J connectivity index is 1.39. The summed E-state index contributed by atoms with van der Waals surface area (Å²) in [5.74, 6) is -0.499. The molecule has 3 atom stereocenters. The second-order valence-corrected chi connectivity index (χ2v) is 17.0. The lowest BCUT2D eigenvalue weighted by molar-refractivity contribution is -0.130. The Labute approximate surface area is 312 Å². The van der Waals surface area contributed by atoms with Crippen LogP contribution in [-0.2, 0) is 27.8 Å². The number of urea groups is 1. The minimum Gasteiger partial charge on any atom is -0.411 e. The molecule has 13 heteroatoms. The second-order valence-electron chi connectivity index (χ2n) is 15.1. The van der Waals surface area contributed by atoms with Gasteiger partial charge in [0.1, 0.15) is 6.04 Å². The molecule has 1 saturated heterocycles. The van der Waals surface area contributed by atoms with Crippen LogP contribution in [0.4, 0.5) is 4.79 Å². The van der Waals surface area contributed by atoms with Crippen molar-refractivity contribution in [3.63, 3.8) is 0 Å². The Morgan fingerprint density at radius 1 is 0.981 bits per heavy atom. The maximum atomic E-state index is 14.4. The zero-order valence-corrected chi connectivity index (χ0v) is 31.8. The van der Waals surface area contributed by atoms with Crippen molar-refractivity contribution in [3.05, 3.63) is 108 Å². The third-order valence-electron chi connectivity index (χ3n) is 9.38. The Morgan fingerprint density at radius 2 is 1.66 bits per heavy atom. The van der Waals surface area contributed by atoms with Crippen LogP contribution in [0.1, 0.15) is 51.3 Å². The van der Waals surface area contributed by atoms with Crippen molar-refractivity contribution < 1.29 is 28.3 Å². The first-order chi connectivity index (χ1) is 25.2. The summed E-state index contributed by atoms with van der Waals surface area (Å²) in [5, 5.41) is 27.8. The van der Waals surface area contributed by atoms with Gasteiger partial charge in [-0.2, -0.15) is 4.31 Å². The number of amides is 3. The molecule has 3 aromatic carbocycles. The summed E-state index contributed by atoms with van der Waals surface area (Å²) < 4.78 is 29.1. The summed E-state index contributed by atoms with van der Waals surface area (Å²) >= 11 is 0. The molecule has 3 N–H and O–H groups in total. The number of fused-ring (bicyclic) bond motifs is 1. The number of benzene rings is 3. The van der Waals surface area contributed by atoms with E-state index in [4.69, 9.17) is 5.21 Å². The monoisotopic (exact) mass is 742 g/mol. The van der Waals surface area contributed by atoms with Gasteiger partial charge in [-0.1, -0.05) is 100 Å². The molecule has 0 unspecified atom stereocenters. The van der Waals surface area contributed by atoms with Crippen LogP contribution in [0.5, 0.6) is 0 Å². The third-order valence-corrected chi connectivity index (χ3v) is 11.2. The lowest BCUT2D eigenvalue weighted by atomic mass is 9.84. The second kappa shape index (κ2) is 16.9. The number of aliphatic hydroxyl groups is 1. The number of oxime groups is 1. The average molecular weight is 743 g/mol. The third kappa shape index (κ3) is 9.58. The molecule has 1 aliphatic heterocycles. The number of hydrogen-bond acceptors (Lipinski definition) is 8. The number of aromatic nitrogens is 1. The molecule has 282 valence electrons. The minimum absolute atomic E-state index is 0.0220. The van der Waals surface area contributed by atoms with Crippen LogP contribution in [0.25, 0.3) is 10.9 Å². The first-order valence-corrected chi connectivity index (χ1v) is 19.3. The molecule has 0 radical (unpaired) electrons. The SMILES string of the molecule is CC(C)CN(C[C@@H](O)[C@H](Cc1ccccc1)NC(=O)[C@@H](N1CCN(Cc2ccnc3ccccc23)C1=O)C(C)(C)C)S(=O)(=O)c1ccc(C=NO)cc1. The maximum absolute atomic E-state index is 14.4. The Kier molecular flexibility index (Phi) is 12.5. The van der Waals surface area contributed by atoms with Gasteiger partial charge in [0.15, 0.2) is 0 Å². The molecule has 12 nitrogen and oxygen atoms in total. The Bertz CT molecular complexity index is 1990. The van der Waals surface area contributed by atoms with Gasteiger partial charge >= 0.3 is 6.03 Å². The fourth-order valence-corrected chi connectivity index (χ4v) is 8.48. The quantitative estimate of drug-likeness (QED) is 0.0867. The molecule has 4 aromatic rings. The highest BCUT2D eigenvalue weighted by molar-refractivity contribution is 7.89. The van der Waals surface area contributed by atoms with E-state index in [0.717, 1.165) is 22.0 Å². The van der Waals surface area contributed by atoms with Gasteiger partial charge in [-0.3, -0.25) is 9.78 Å². The largest absolute Gasteiger partial charge is 0.411 e. The predicted molar refractivity (Wildman–Crippen MR) is 205 cm³/mol. The number of nitrogens with zero attached hydrogens (tertiary/aromatic N) is 5. The van der Waals surface area contributed by atoms with E-state index in [9.17, 15) is 23.1 Å². The fraction of sp³-hybridized carbons (Fsp3) is 0.400. The first kappa shape index (κ1) is 39.4. The molecule has 2 heterocycles. The zero-order chi connectivity index (χ0) is 38.3. The topological polar surface area (TPSA) is 156 Å². The van der Waals surface area contributed by atoms with E-state index in [1.54, 1.807) is 16.0 Å². The van der Waals surface area contributed by atoms with Gasteiger partial charge in [0, 0.05) is 44.3 Å². The highest BCUT2D eigenvalue weighted by Gasteiger charge is 2.44. The minimum atomic E-state index is -4.07. The Hall–Kier alpha value is -4.85. The number of rotatable bonds is 15. The molecule has 5 rings (SSSR count). The van der Waals surface area contributed by atoms with Crippen molar-refractivity contribution in [2.24, 2.45) is 16.5 Å². The number of sulfonamides is 1. The van der Waals surface area contributed by atoms with E-state index in [2.05, 4.69) is 15.5 Å². The van der Waals surface area contributed by atoms with Gasteiger partial charge in [-0.05, 0) is 58.7 Å². The standard InChI is InChI=1S/C40H50N6O6S/c1-28(2)25-45(53(51,52)32-17-15-30(16-18-32)24-42-50)27-36(47)35(23-29-11-7-6-8-12-29)43-38(48)37(40(3,4)5)46-22-21-44(39(46)49)26-31-19-20-41-34-14-10-9-13-33(31)34/h6-20,24,28,35-37,47,50H,21-23,25-27H2,1-5H3,(H,43,48)/t35-,36+,37+/m0/s1. The molecule has 1 aliphatic rings. The fourth-order valence-electron chi connectivity index (χ4n) is 6.86. The molecule has 0 saturated carbocycles. The first-order valence-electron chi connectivity index (χ1n) is 17.9. The lowest BCUT2D eigenvalue weighted by Crippen LogP contribution is -2.59. The molecular formula is C40H50N6O6S. The van der Waals surface area contributed by atoms with Crippen molar-refractivity contribution in [2.45, 2.75) is 70.7 Å². The van der Waals surface area contributed by atoms with Crippen molar-refractivity contribution in [1.29, 1.82) is 0 Å². The number of nitrogens with one attached hydrogen (secondary N) is 1. The number of para-hydroxylation sites is 1. The zero-order valence-electron chi connectivity index (χ0n) is 31.0. The van der Waals surface area contributed by atoms with E-state index < -0.39 is 39.5 Å². The van der Waals surface area contributed by atoms with E-state index in [1.165, 1.54) is 34.8 Å². The van der Waals surface area contributed by atoms with Crippen molar-refractivity contribution in [1.82, 2.24) is 24.4 Å². The van der Waals surface area contributed by atoms with E-state index in [-0.39, 0.29) is 36.4 Å². The molecule has 0 aliphatic carbocycles. The van der Waals surface area contributed by atoms with E-state index in [0.29, 0.717) is 25.2 Å². The van der Waals surface area contributed by atoms with Crippen LogP contribution in [0.3, 0.4) is 0 Å². The van der Waals surface area contributed by atoms with Gasteiger partial charge in [0.25, 0.3) is 0 Å². The lowest BCUT2D eigenvalue weighted by Gasteiger charge is -2.38. The predicted octanol–water partition coefficient (Wildman–Crippen LogP) is 5.13. The van der Waals surface area contributed by atoms with Crippen molar-refractivity contribution in [2.75, 3.05) is 26.2 Å². The van der Waals surface area contributed by atoms with Crippen LogP contribution in [-0.4, -0.2) is 100 Å². The summed E-state index contributed by atoms with van der Waals surface area (Å²) in [6.45, 7) is 10.5. The van der Waals surface area contributed by atoms with Crippen LogP contribution in [0.2, 0.25) is 0 Å². The van der Waals surface area contributed by atoms with E-state index >= 15 is 0 Å². The summed E-state index contributed by atoms with van der Waals surface area (Å²) in [6.07, 6.45) is 1.85. The number of aliphatic hydroxyl groups excluding tert-OH is 1. The summed E-state index contributed by atoms with van der Waals surface area (Å²) in [5.41, 5.74) is 2.49. The Morgan fingerprint density at radius 3 is 2.32 bits per heavy atom. The molecule has 53 heavy (non-hydrogen) atoms. The van der Waals surface area contributed by atoms with Crippen molar-refractivity contribution in [3.8, 4) is 0 Å². The van der Waals surface area contributed by atoms with Crippen LogP contribution in [0.15, 0.2) is 101 Å². The van der Waals surface area contributed by atoms with Gasteiger partial charge in [-0.15, -0.1) is 0 Å². The summed E-state index contributed by atoms with van der Waals surface area (Å²) in [6, 6.07) is 22.9.